The highest BCUT2D eigenvalue weighted by Crippen LogP contribution is 2.12. The topological polar surface area (TPSA) is 93.3 Å². The Balaban J connectivity index is 1.71. The number of hydrogen-bond donors (Lipinski definition) is 1. The van der Waals surface area contributed by atoms with Gasteiger partial charge in [-0.2, -0.15) is 5.10 Å². The van der Waals surface area contributed by atoms with Gasteiger partial charge in [-0.05, 0) is 18.2 Å². The minimum atomic E-state index is -0.501. The van der Waals surface area contributed by atoms with Gasteiger partial charge in [0.15, 0.2) is 0 Å². The number of nitro groups is 1. The summed E-state index contributed by atoms with van der Waals surface area (Å²) < 4.78 is 0. The molecule has 0 amide bonds. The Kier molecular flexibility index (Phi) is 3.69. The first kappa shape index (κ1) is 13.6. The Labute approximate surface area is 125 Å². The zero-order valence-electron chi connectivity index (χ0n) is 11.4. The molecule has 0 spiro atoms. The molecule has 3 aromatic rings. The van der Waals surface area contributed by atoms with Crippen molar-refractivity contribution in [1.82, 2.24) is 9.97 Å². The second kappa shape index (κ2) is 5.96. The van der Waals surface area contributed by atoms with Gasteiger partial charge in [-0.15, -0.1) is 0 Å². The summed E-state index contributed by atoms with van der Waals surface area (Å²) in [6, 6.07) is 14.5. The van der Waals surface area contributed by atoms with E-state index in [0.29, 0.717) is 11.5 Å². The summed E-state index contributed by atoms with van der Waals surface area (Å²) >= 11 is 0. The predicted molar refractivity (Wildman–Crippen MR) is 83.9 cm³/mol. The van der Waals surface area contributed by atoms with Crippen LogP contribution in [0.1, 0.15) is 5.69 Å². The fourth-order valence-electron chi connectivity index (χ4n) is 1.88. The molecule has 7 heteroatoms. The normalized spacial score (nSPS) is 10.9. The van der Waals surface area contributed by atoms with E-state index in [2.05, 4.69) is 20.5 Å². The van der Waals surface area contributed by atoms with Gasteiger partial charge in [0.2, 0.25) is 0 Å². The van der Waals surface area contributed by atoms with Crippen molar-refractivity contribution in [3.8, 4) is 0 Å². The van der Waals surface area contributed by atoms with Crippen LogP contribution in [0, 0.1) is 10.1 Å². The SMILES string of the molecule is O=[N+]([O-])c1ccc(NN=Cc2ccc3ccccc3n2)nc1. The maximum absolute atomic E-state index is 10.5. The molecule has 0 radical (unpaired) electrons. The Morgan fingerprint density at radius 1 is 1.14 bits per heavy atom. The number of fused-ring (bicyclic) bond motifs is 1. The highest BCUT2D eigenvalue weighted by Gasteiger charge is 2.04. The highest BCUT2D eigenvalue weighted by molar-refractivity contribution is 5.85. The molecule has 2 aromatic heterocycles. The second-order valence-electron chi connectivity index (χ2n) is 4.46. The molecule has 0 aliphatic heterocycles. The number of rotatable bonds is 4. The van der Waals surface area contributed by atoms with Gasteiger partial charge in [-0.1, -0.05) is 24.3 Å². The fourth-order valence-corrected chi connectivity index (χ4v) is 1.88. The predicted octanol–water partition coefficient (Wildman–Crippen LogP) is 2.98. The largest absolute Gasteiger partial charge is 0.287 e. The van der Waals surface area contributed by atoms with Crippen molar-refractivity contribution in [2.24, 2.45) is 5.10 Å². The van der Waals surface area contributed by atoms with Crippen molar-refractivity contribution in [3.05, 3.63) is 70.5 Å². The fraction of sp³-hybridized carbons (Fsp3) is 0. The molecule has 3 rings (SSSR count). The van der Waals surface area contributed by atoms with E-state index in [4.69, 9.17) is 0 Å². The van der Waals surface area contributed by atoms with E-state index in [1.54, 1.807) is 6.21 Å². The lowest BCUT2D eigenvalue weighted by atomic mass is 10.2. The lowest BCUT2D eigenvalue weighted by Gasteiger charge is -1.99. The second-order valence-corrected chi connectivity index (χ2v) is 4.46. The summed E-state index contributed by atoms with van der Waals surface area (Å²) in [5, 5.41) is 15.6. The van der Waals surface area contributed by atoms with Gasteiger partial charge in [-0.25, -0.2) is 9.97 Å². The van der Waals surface area contributed by atoms with Crippen molar-refractivity contribution >= 4 is 28.6 Å². The first-order valence-electron chi connectivity index (χ1n) is 6.48. The number of anilines is 1. The molecular formula is C15H11N5O2. The van der Waals surface area contributed by atoms with Gasteiger partial charge in [0.25, 0.3) is 5.69 Å². The van der Waals surface area contributed by atoms with Crippen LogP contribution in [-0.4, -0.2) is 21.1 Å². The Bertz CT molecular complexity index is 846. The number of hydrogen-bond acceptors (Lipinski definition) is 6. The number of pyridine rings is 2. The molecule has 1 N–H and O–H groups in total. The summed E-state index contributed by atoms with van der Waals surface area (Å²) in [6.45, 7) is 0. The molecule has 7 nitrogen and oxygen atoms in total. The highest BCUT2D eigenvalue weighted by atomic mass is 16.6. The molecule has 22 heavy (non-hydrogen) atoms. The van der Waals surface area contributed by atoms with Crippen LogP contribution in [-0.2, 0) is 0 Å². The quantitative estimate of drug-likeness (QED) is 0.453. The number of hydrazone groups is 1. The van der Waals surface area contributed by atoms with E-state index >= 15 is 0 Å². The van der Waals surface area contributed by atoms with Crippen molar-refractivity contribution in [1.29, 1.82) is 0 Å². The molecular weight excluding hydrogens is 282 g/mol. The van der Waals surface area contributed by atoms with Gasteiger partial charge >= 0.3 is 0 Å². The molecule has 1 aromatic carbocycles. The van der Waals surface area contributed by atoms with Crippen LogP contribution < -0.4 is 5.43 Å². The molecule has 0 atom stereocenters. The minimum Gasteiger partial charge on any atom is -0.261 e. The third-order valence-electron chi connectivity index (χ3n) is 2.95. The molecule has 0 aliphatic rings. The van der Waals surface area contributed by atoms with E-state index in [0.717, 1.165) is 10.9 Å². The third kappa shape index (κ3) is 3.04. The van der Waals surface area contributed by atoms with Crippen LogP contribution in [0.2, 0.25) is 0 Å². The molecule has 0 saturated carbocycles. The van der Waals surface area contributed by atoms with Crippen LogP contribution in [0.25, 0.3) is 10.9 Å². The lowest BCUT2D eigenvalue weighted by Crippen LogP contribution is -1.96. The van der Waals surface area contributed by atoms with Crippen molar-refractivity contribution < 1.29 is 4.92 Å². The maximum atomic E-state index is 10.5. The Morgan fingerprint density at radius 3 is 2.77 bits per heavy atom. The molecule has 0 saturated heterocycles. The average molecular weight is 293 g/mol. The van der Waals surface area contributed by atoms with Gasteiger partial charge in [0.1, 0.15) is 12.0 Å². The number of aromatic nitrogens is 2. The van der Waals surface area contributed by atoms with E-state index in [-0.39, 0.29) is 5.69 Å². The van der Waals surface area contributed by atoms with E-state index in [1.165, 1.54) is 18.3 Å². The van der Waals surface area contributed by atoms with Crippen LogP contribution in [0.3, 0.4) is 0 Å². The zero-order valence-corrected chi connectivity index (χ0v) is 11.4. The first-order valence-corrected chi connectivity index (χ1v) is 6.48. The average Bonchev–Trinajstić information content (AvgIpc) is 2.55. The van der Waals surface area contributed by atoms with Crippen molar-refractivity contribution in [3.63, 3.8) is 0 Å². The lowest BCUT2D eigenvalue weighted by molar-refractivity contribution is -0.385. The molecule has 108 valence electrons. The third-order valence-corrected chi connectivity index (χ3v) is 2.95. The van der Waals surface area contributed by atoms with Crippen molar-refractivity contribution in [2.75, 3.05) is 5.43 Å². The Hall–Kier alpha value is -3.35. The van der Waals surface area contributed by atoms with Crippen LogP contribution in [0.5, 0.6) is 0 Å². The summed E-state index contributed by atoms with van der Waals surface area (Å²) in [5.74, 6) is 0.419. The number of nitrogens with zero attached hydrogens (tertiary/aromatic N) is 4. The van der Waals surface area contributed by atoms with Gasteiger partial charge < -0.3 is 0 Å². The minimum absolute atomic E-state index is 0.0641. The number of benzene rings is 1. The Morgan fingerprint density at radius 2 is 2.00 bits per heavy atom. The summed E-state index contributed by atoms with van der Waals surface area (Å²) in [4.78, 5) is 18.4. The van der Waals surface area contributed by atoms with E-state index < -0.39 is 4.92 Å². The summed E-state index contributed by atoms with van der Waals surface area (Å²) in [6.07, 6.45) is 2.74. The molecule has 2 heterocycles. The summed E-state index contributed by atoms with van der Waals surface area (Å²) in [7, 11) is 0. The van der Waals surface area contributed by atoms with Crippen LogP contribution in [0.4, 0.5) is 11.5 Å². The van der Waals surface area contributed by atoms with Gasteiger partial charge in [0, 0.05) is 11.5 Å². The molecule has 0 bridgehead atoms. The standard InChI is InChI=1S/C15H11N5O2/c21-20(22)13-7-8-15(16-10-13)19-17-9-12-6-5-11-3-1-2-4-14(11)18-12/h1-10H,(H,16,19). The van der Waals surface area contributed by atoms with Crippen molar-refractivity contribution in [2.45, 2.75) is 0 Å². The molecule has 0 fully saturated rings. The summed E-state index contributed by atoms with van der Waals surface area (Å²) in [5.41, 5.74) is 4.23. The smallest absolute Gasteiger partial charge is 0.261 e. The zero-order chi connectivity index (χ0) is 15.4. The van der Waals surface area contributed by atoms with Gasteiger partial charge in [0.05, 0.1) is 22.3 Å². The van der Waals surface area contributed by atoms with Crippen LogP contribution in [0.15, 0.2) is 59.8 Å². The van der Waals surface area contributed by atoms with E-state index in [9.17, 15) is 10.1 Å². The monoisotopic (exact) mass is 293 g/mol. The molecule has 0 aliphatic carbocycles. The first-order chi connectivity index (χ1) is 10.7. The number of nitrogens with one attached hydrogen (secondary N) is 1. The molecule has 0 unspecified atom stereocenters. The maximum Gasteiger partial charge on any atom is 0.287 e. The van der Waals surface area contributed by atoms with Gasteiger partial charge in [-0.3, -0.25) is 15.5 Å². The van der Waals surface area contributed by atoms with Crippen LogP contribution >= 0.6 is 0 Å². The van der Waals surface area contributed by atoms with E-state index in [1.807, 2.05) is 36.4 Å². The number of para-hydroxylation sites is 1.